The van der Waals surface area contributed by atoms with Crippen molar-refractivity contribution in [2.45, 2.75) is 38.9 Å². The summed E-state index contributed by atoms with van der Waals surface area (Å²) in [6.45, 7) is 8.67. The fourth-order valence-corrected chi connectivity index (χ4v) is 7.87. The van der Waals surface area contributed by atoms with Crippen molar-refractivity contribution in [3.8, 4) is 0 Å². The Morgan fingerprint density at radius 2 is 1.78 bits per heavy atom. The molecule has 1 aromatic heterocycles. The van der Waals surface area contributed by atoms with Gasteiger partial charge >= 0.3 is 0 Å². The van der Waals surface area contributed by atoms with Gasteiger partial charge < -0.3 is 9.80 Å². The highest BCUT2D eigenvalue weighted by Gasteiger charge is 2.58. The lowest BCUT2D eigenvalue weighted by Crippen LogP contribution is -2.46. The molecule has 2 aromatic rings. The third-order valence-corrected chi connectivity index (χ3v) is 9.55. The normalized spacial score (nSPS) is 24.5. The third kappa shape index (κ3) is 5.36. The number of likely N-dealkylation sites (tertiary alicyclic amines) is 1. The van der Waals surface area contributed by atoms with Crippen LogP contribution in [0.1, 0.15) is 35.8 Å². The van der Waals surface area contributed by atoms with Gasteiger partial charge in [0, 0.05) is 43.8 Å². The van der Waals surface area contributed by atoms with Crippen molar-refractivity contribution in [3.63, 3.8) is 0 Å². The molecule has 0 unspecified atom stereocenters. The van der Waals surface area contributed by atoms with E-state index in [1.807, 2.05) is 19.9 Å². The summed E-state index contributed by atoms with van der Waals surface area (Å²) in [5, 5.41) is 2.68. The number of benzene rings is 1. The number of aromatic nitrogens is 1. The average molecular weight is 568 g/mol. The molecular formula is C25H34ClN5O4S2. The predicted molar refractivity (Wildman–Crippen MR) is 147 cm³/mol. The van der Waals surface area contributed by atoms with Gasteiger partial charge in [-0.05, 0) is 24.5 Å². The molecule has 37 heavy (non-hydrogen) atoms. The van der Waals surface area contributed by atoms with Gasteiger partial charge in [0.25, 0.3) is 5.91 Å². The molecule has 0 aliphatic carbocycles. The molecule has 0 spiro atoms. The number of hydrogen-bond acceptors (Lipinski definition) is 8. The topological polar surface area (TPSA) is 94.1 Å². The highest BCUT2D eigenvalue weighted by atomic mass is 35.5. The number of halogens is 1. The van der Waals surface area contributed by atoms with E-state index in [1.54, 1.807) is 10.3 Å². The van der Waals surface area contributed by atoms with E-state index in [0.717, 1.165) is 41.7 Å². The van der Waals surface area contributed by atoms with Gasteiger partial charge in [-0.15, -0.1) is 23.7 Å². The first-order chi connectivity index (χ1) is 17.1. The molecule has 202 valence electrons. The zero-order valence-electron chi connectivity index (χ0n) is 21.3. The summed E-state index contributed by atoms with van der Waals surface area (Å²) >= 11 is 1.48. The van der Waals surface area contributed by atoms with E-state index in [1.165, 1.54) is 17.0 Å². The molecule has 3 fully saturated rings. The Morgan fingerprint density at radius 3 is 2.41 bits per heavy atom. The van der Waals surface area contributed by atoms with Gasteiger partial charge in [0.05, 0.1) is 30.8 Å². The Kier molecular flexibility index (Phi) is 8.18. The summed E-state index contributed by atoms with van der Waals surface area (Å²) in [4.78, 5) is 37.6. The van der Waals surface area contributed by atoms with E-state index in [0.29, 0.717) is 25.2 Å². The van der Waals surface area contributed by atoms with Crippen LogP contribution < -0.4 is 4.90 Å². The highest BCUT2D eigenvalue weighted by molar-refractivity contribution is 7.88. The van der Waals surface area contributed by atoms with Crippen LogP contribution in [-0.2, 0) is 21.4 Å². The van der Waals surface area contributed by atoms with Crippen LogP contribution in [0.5, 0.6) is 0 Å². The second-order valence-electron chi connectivity index (χ2n) is 10.2. The summed E-state index contributed by atoms with van der Waals surface area (Å²) in [7, 11) is -3.70. The van der Waals surface area contributed by atoms with Crippen LogP contribution >= 0.6 is 23.7 Å². The maximum absolute atomic E-state index is 13.5. The van der Waals surface area contributed by atoms with E-state index >= 15 is 0 Å². The summed E-state index contributed by atoms with van der Waals surface area (Å²) in [5.74, 6) is -1.22. The maximum Gasteiger partial charge on any atom is 0.273 e. The number of para-hydroxylation sites is 1. The Bertz CT molecular complexity index is 1230. The van der Waals surface area contributed by atoms with E-state index in [4.69, 9.17) is 0 Å². The van der Waals surface area contributed by atoms with Gasteiger partial charge in [-0.25, -0.2) is 17.7 Å². The van der Waals surface area contributed by atoms with Crippen molar-refractivity contribution >= 4 is 51.3 Å². The summed E-state index contributed by atoms with van der Waals surface area (Å²) in [6, 6.07) is 9.46. The minimum atomic E-state index is -3.70. The molecule has 3 aliphatic heterocycles. The molecule has 4 heterocycles. The van der Waals surface area contributed by atoms with E-state index < -0.39 is 33.9 Å². The van der Waals surface area contributed by atoms with Gasteiger partial charge in [-0.1, -0.05) is 32.0 Å². The van der Waals surface area contributed by atoms with Gasteiger partial charge in [0.1, 0.15) is 10.7 Å². The zero-order chi connectivity index (χ0) is 25.6. The number of hydrogen-bond donors (Lipinski definition) is 0. The Hall–Kier alpha value is -2.21. The molecule has 5 rings (SSSR count). The predicted octanol–water partition coefficient (Wildman–Crippen LogP) is 2.54. The molecular weight excluding hydrogens is 534 g/mol. The van der Waals surface area contributed by atoms with Gasteiger partial charge in [-0.3, -0.25) is 14.5 Å². The molecule has 0 bridgehead atoms. The quantitative estimate of drug-likeness (QED) is 0.529. The van der Waals surface area contributed by atoms with Gasteiger partial charge in [-0.2, -0.15) is 0 Å². The minimum absolute atomic E-state index is 0. The van der Waals surface area contributed by atoms with Gasteiger partial charge in [0.15, 0.2) is 0 Å². The summed E-state index contributed by atoms with van der Waals surface area (Å²) in [5.41, 5.74) is 1.62. The summed E-state index contributed by atoms with van der Waals surface area (Å²) < 4.78 is 25.8. The molecule has 0 radical (unpaired) electrons. The fourth-order valence-electron chi connectivity index (χ4n) is 5.89. The molecule has 3 aliphatic rings. The number of piperazine rings is 1. The molecule has 1 aromatic carbocycles. The first-order valence-electron chi connectivity index (χ1n) is 12.5. The SMILES string of the molecule is CC(C)[C@@H]1C(=O)N(S(C)(=O)=O)[C@@H]2CCN(C(=O)c3csc(CN4CCN(c5ccccc5)CC4)n3)[C@H]21.Cl. The number of rotatable bonds is 6. The van der Waals surface area contributed by atoms with E-state index in [9.17, 15) is 18.0 Å². The van der Waals surface area contributed by atoms with Crippen LogP contribution in [-0.4, -0.2) is 90.4 Å². The molecule has 9 nitrogen and oxygen atoms in total. The summed E-state index contributed by atoms with van der Waals surface area (Å²) in [6.07, 6.45) is 1.53. The zero-order valence-corrected chi connectivity index (χ0v) is 23.8. The maximum atomic E-state index is 13.5. The minimum Gasteiger partial charge on any atom is -0.369 e. The number of anilines is 1. The van der Waals surface area contributed by atoms with Crippen molar-refractivity contribution in [1.82, 2.24) is 19.1 Å². The first kappa shape index (κ1) is 27.8. The number of thiazole rings is 1. The lowest BCUT2D eigenvalue weighted by atomic mass is 9.88. The average Bonchev–Trinajstić information content (AvgIpc) is 3.53. The number of sulfonamides is 1. The molecule has 3 saturated heterocycles. The Labute approximate surface area is 228 Å². The van der Waals surface area contributed by atoms with Crippen molar-refractivity contribution < 1.29 is 18.0 Å². The van der Waals surface area contributed by atoms with Crippen LogP contribution in [0.4, 0.5) is 5.69 Å². The number of nitrogens with zero attached hydrogens (tertiary/aromatic N) is 5. The third-order valence-electron chi connectivity index (χ3n) is 7.55. The number of amides is 2. The monoisotopic (exact) mass is 567 g/mol. The van der Waals surface area contributed by atoms with E-state index in [-0.39, 0.29) is 24.2 Å². The second kappa shape index (κ2) is 10.9. The largest absolute Gasteiger partial charge is 0.369 e. The molecule has 0 N–H and O–H groups in total. The van der Waals surface area contributed by atoms with E-state index in [2.05, 4.69) is 39.0 Å². The smallest absolute Gasteiger partial charge is 0.273 e. The van der Waals surface area contributed by atoms with Crippen LogP contribution in [0.3, 0.4) is 0 Å². The first-order valence-corrected chi connectivity index (χ1v) is 15.2. The lowest BCUT2D eigenvalue weighted by molar-refractivity contribution is -0.129. The van der Waals surface area contributed by atoms with Crippen molar-refractivity contribution in [3.05, 3.63) is 46.4 Å². The number of fused-ring (bicyclic) bond motifs is 1. The number of carbonyl (C=O) groups is 2. The Morgan fingerprint density at radius 1 is 1.11 bits per heavy atom. The van der Waals surface area contributed by atoms with Gasteiger partial charge in [0.2, 0.25) is 15.9 Å². The lowest BCUT2D eigenvalue weighted by Gasteiger charge is -2.35. The van der Waals surface area contributed by atoms with Crippen molar-refractivity contribution in [1.29, 1.82) is 0 Å². The van der Waals surface area contributed by atoms with Crippen molar-refractivity contribution in [2.75, 3.05) is 43.9 Å². The molecule has 12 heteroatoms. The highest BCUT2D eigenvalue weighted by Crippen LogP contribution is 2.41. The fraction of sp³-hybridized carbons (Fsp3) is 0.560. The van der Waals surface area contributed by atoms with Crippen LogP contribution in [0.2, 0.25) is 0 Å². The number of carbonyl (C=O) groups excluding carboxylic acids is 2. The second-order valence-corrected chi connectivity index (χ2v) is 13.0. The Balaban J connectivity index is 0.00000320. The molecule has 2 amide bonds. The molecule has 0 saturated carbocycles. The standard InChI is InChI=1S/C25H33N5O4S2.ClH/c1-17(2)22-23-20(30(25(22)32)36(3,33)34)9-10-29(23)24(31)19-16-35-21(26-19)15-27-11-13-28(14-12-27)18-7-5-4-6-8-18;/h4-8,16-17,20,22-23H,9-15H2,1-3H3;1H/t20-,22+,23-;/m1./s1. The molecule has 3 atom stereocenters. The van der Waals surface area contributed by atoms with Crippen LogP contribution in [0, 0.1) is 11.8 Å². The van der Waals surface area contributed by atoms with Crippen LogP contribution in [0.15, 0.2) is 35.7 Å². The van der Waals surface area contributed by atoms with Crippen molar-refractivity contribution in [2.24, 2.45) is 11.8 Å². The van der Waals surface area contributed by atoms with Crippen LogP contribution in [0.25, 0.3) is 0 Å².